The van der Waals surface area contributed by atoms with Crippen LogP contribution in [0, 0.1) is 6.92 Å². The fraction of sp³-hybridized carbons (Fsp3) is 0.238. The van der Waals surface area contributed by atoms with Crippen LogP contribution in [-0.4, -0.2) is 24.0 Å². The molecule has 1 aromatic heterocycles. The average Bonchev–Trinajstić information content (AvgIpc) is 3.13. The lowest BCUT2D eigenvalue weighted by molar-refractivity contribution is -0.121. The number of ether oxygens (including phenoxy) is 1. The first kappa shape index (κ1) is 19.0. The molecule has 0 spiro atoms. The molecule has 27 heavy (non-hydrogen) atoms. The highest BCUT2D eigenvalue weighted by molar-refractivity contribution is 6.30. The Kier molecular flexibility index (Phi) is 6.49. The first-order valence-electron chi connectivity index (χ1n) is 8.77. The number of nitrogens with one attached hydrogen (secondary N) is 1. The molecule has 3 rings (SSSR count). The van der Waals surface area contributed by atoms with Crippen LogP contribution in [-0.2, 0) is 11.2 Å². The Morgan fingerprint density at radius 1 is 1.22 bits per heavy atom. The monoisotopic (exact) mass is 384 g/mol. The molecule has 0 fully saturated rings. The van der Waals surface area contributed by atoms with E-state index in [4.69, 9.17) is 20.8 Å². The third-order valence-electron chi connectivity index (χ3n) is 3.93. The molecule has 1 amide bonds. The first-order chi connectivity index (χ1) is 13.1. The highest BCUT2D eigenvalue weighted by Crippen LogP contribution is 2.22. The van der Waals surface area contributed by atoms with Crippen LogP contribution < -0.4 is 10.1 Å². The summed E-state index contributed by atoms with van der Waals surface area (Å²) in [4.78, 5) is 16.2. The van der Waals surface area contributed by atoms with Crippen LogP contribution in [0.15, 0.2) is 59.1 Å². The van der Waals surface area contributed by atoms with Crippen molar-refractivity contribution < 1.29 is 13.9 Å². The van der Waals surface area contributed by atoms with E-state index in [1.54, 1.807) is 18.3 Å². The van der Waals surface area contributed by atoms with Crippen LogP contribution in [0.4, 0.5) is 0 Å². The molecule has 0 aliphatic rings. The third kappa shape index (κ3) is 5.86. The largest absolute Gasteiger partial charge is 0.492 e. The van der Waals surface area contributed by atoms with Gasteiger partial charge in [-0.15, -0.1) is 0 Å². The van der Waals surface area contributed by atoms with E-state index in [1.165, 1.54) is 0 Å². The fourth-order valence-electron chi connectivity index (χ4n) is 2.55. The predicted molar refractivity (Wildman–Crippen MR) is 105 cm³/mol. The van der Waals surface area contributed by atoms with E-state index in [9.17, 15) is 4.79 Å². The molecule has 6 heteroatoms. The third-order valence-corrected chi connectivity index (χ3v) is 4.18. The van der Waals surface area contributed by atoms with Crippen LogP contribution in [0.3, 0.4) is 0 Å². The number of amides is 1. The summed E-state index contributed by atoms with van der Waals surface area (Å²) >= 11 is 5.88. The van der Waals surface area contributed by atoms with Crippen molar-refractivity contribution in [3.8, 4) is 17.1 Å². The van der Waals surface area contributed by atoms with Crippen LogP contribution >= 0.6 is 11.6 Å². The van der Waals surface area contributed by atoms with Crippen molar-refractivity contribution in [1.82, 2.24) is 10.3 Å². The van der Waals surface area contributed by atoms with Crippen molar-refractivity contribution in [2.45, 2.75) is 19.8 Å². The summed E-state index contributed by atoms with van der Waals surface area (Å²) in [7, 11) is 0. The number of aryl methyl sites for hydroxylation is 2. The Hall–Kier alpha value is -2.79. The number of nitrogens with zero attached hydrogens (tertiary/aromatic N) is 1. The SMILES string of the molecule is Cc1cccc(OCCNC(=O)CCc2ncc(-c3ccc(Cl)cc3)o2)c1. The van der Waals surface area contributed by atoms with Crippen molar-refractivity contribution in [2.75, 3.05) is 13.2 Å². The minimum Gasteiger partial charge on any atom is -0.492 e. The Balaban J connectivity index is 1.38. The second-order valence-electron chi connectivity index (χ2n) is 6.14. The van der Waals surface area contributed by atoms with Crippen molar-refractivity contribution >= 4 is 17.5 Å². The van der Waals surface area contributed by atoms with Crippen molar-refractivity contribution in [3.05, 3.63) is 71.2 Å². The summed E-state index contributed by atoms with van der Waals surface area (Å²) in [6.07, 6.45) is 2.41. The van der Waals surface area contributed by atoms with Gasteiger partial charge in [0.1, 0.15) is 12.4 Å². The summed E-state index contributed by atoms with van der Waals surface area (Å²) < 4.78 is 11.3. The Morgan fingerprint density at radius 3 is 2.81 bits per heavy atom. The minimum absolute atomic E-state index is 0.0610. The molecule has 2 aromatic carbocycles. The molecule has 0 radical (unpaired) electrons. The van der Waals surface area contributed by atoms with Gasteiger partial charge in [0.2, 0.25) is 5.91 Å². The molecule has 0 bridgehead atoms. The maximum atomic E-state index is 11.9. The van der Waals surface area contributed by atoms with Gasteiger partial charge in [-0.1, -0.05) is 23.7 Å². The zero-order valence-electron chi connectivity index (χ0n) is 15.1. The lowest BCUT2D eigenvalue weighted by Crippen LogP contribution is -2.28. The number of hydrogen-bond acceptors (Lipinski definition) is 4. The minimum atomic E-state index is -0.0610. The zero-order valence-corrected chi connectivity index (χ0v) is 15.8. The van der Waals surface area contributed by atoms with Gasteiger partial charge in [0, 0.05) is 23.4 Å². The molecule has 3 aromatic rings. The van der Waals surface area contributed by atoms with E-state index < -0.39 is 0 Å². The number of carbonyl (C=O) groups is 1. The smallest absolute Gasteiger partial charge is 0.220 e. The first-order valence-corrected chi connectivity index (χ1v) is 9.15. The second kappa shape index (κ2) is 9.24. The van der Waals surface area contributed by atoms with Crippen molar-refractivity contribution in [3.63, 3.8) is 0 Å². The van der Waals surface area contributed by atoms with Crippen LogP contribution in [0.2, 0.25) is 5.02 Å². The highest BCUT2D eigenvalue weighted by atomic mass is 35.5. The molecular formula is C21H21ClN2O3. The van der Waals surface area contributed by atoms with Crippen molar-refractivity contribution in [1.29, 1.82) is 0 Å². The van der Waals surface area contributed by atoms with Gasteiger partial charge in [-0.25, -0.2) is 4.98 Å². The molecule has 0 atom stereocenters. The van der Waals surface area contributed by atoms with E-state index in [0.717, 1.165) is 16.9 Å². The van der Waals surface area contributed by atoms with Gasteiger partial charge in [0.05, 0.1) is 12.7 Å². The van der Waals surface area contributed by atoms with Crippen LogP contribution in [0.5, 0.6) is 5.75 Å². The maximum Gasteiger partial charge on any atom is 0.220 e. The van der Waals surface area contributed by atoms with Gasteiger partial charge >= 0.3 is 0 Å². The average molecular weight is 385 g/mol. The summed E-state index contributed by atoms with van der Waals surface area (Å²) in [5, 5.41) is 3.50. The maximum absolute atomic E-state index is 11.9. The Morgan fingerprint density at radius 2 is 2.04 bits per heavy atom. The molecule has 0 saturated heterocycles. The Labute approximate surface area is 163 Å². The summed E-state index contributed by atoms with van der Waals surface area (Å²) in [6.45, 7) is 2.89. The van der Waals surface area contributed by atoms with E-state index >= 15 is 0 Å². The quantitative estimate of drug-likeness (QED) is 0.583. The van der Waals surface area contributed by atoms with E-state index in [0.29, 0.717) is 42.7 Å². The number of rotatable bonds is 8. The van der Waals surface area contributed by atoms with E-state index in [1.807, 2.05) is 43.3 Å². The van der Waals surface area contributed by atoms with Gasteiger partial charge in [0.15, 0.2) is 11.7 Å². The highest BCUT2D eigenvalue weighted by Gasteiger charge is 2.09. The molecule has 1 N–H and O–H groups in total. The molecule has 0 unspecified atom stereocenters. The van der Waals surface area contributed by atoms with Crippen molar-refractivity contribution in [2.24, 2.45) is 0 Å². The second-order valence-corrected chi connectivity index (χ2v) is 6.58. The van der Waals surface area contributed by atoms with Gasteiger partial charge in [-0.2, -0.15) is 0 Å². The number of benzene rings is 2. The van der Waals surface area contributed by atoms with Crippen LogP contribution in [0.1, 0.15) is 17.9 Å². The number of hydrogen-bond donors (Lipinski definition) is 1. The normalized spacial score (nSPS) is 10.6. The summed E-state index contributed by atoms with van der Waals surface area (Å²) in [5.41, 5.74) is 2.04. The number of carbonyl (C=O) groups excluding carboxylic acids is 1. The topological polar surface area (TPSA) is 64.4 Å². The Bertz CT molecular complexity index is 890. The van der Waals surface area contributed by atoms with Gasteiger partial charge in [0.25, 0.3) is 0 Å². The number of oxazole rings is 1. The molecule has 1 heterocycles. The fourth-order valence-corrected chi connectivity index (χ4v) is 2.67. The number of aromatic nitrogens is 1. The molecule has 5 nitrogen and oxygen atoms in total. The standard InChI is InChI=1S/C21H21ClN2O3/c1-15-3-2-4-18(13-15)26-12-11-23-20(25)9-10-21-24-14-19(27-21)16-5-7-17(22)8-6-16/h2-8,13-14H,9-12H2,1H3,(H,23,25). The van der Waals surface area contributed by atoms with E-state index in [-0.39, 0.29) is 5.91 Å². The number of halogens is 1. The lowest BCUT2D eigenvalue weighted by atomic mass is 10.2. The van der Waals surface area contributed by atoms with E-state index in [2.05, 4.69) is 10.3 Å². The molecule has 0 aliphatic heterocycles. The molecular weight excluding hydrogens is 364 g/mol. The molecule has 140 valence electrons. The summed E-state index contributed by atoms with van der Waals surface area (Å²) in [5.74, 6) is 1.94. The van der Waals surface area contributed by atoms with Gasteiger partial charge < -0.3 is 14.5 Å². The molecule has 0 saturated carbocycles. The summed E-state index contributed by atoms with van der Waals surface area (Å²) in [6, 6.07) is 15.1. The van der Waals surface area contributed by atoms with Gasteiger partial charge in [-0.05, 0) is 48.9 Å². The lowest BCUT2D eigenvalue weighted by Gasteiger charge is -2.08. The zero-order chi connectivity index (χ0) is 19.1. The van der Waals surface area contributed by atoms with Crippen LogP contribution in [0.25, 0.3) is 11.3 Å². The molecule has 0 aliphatic carbocycles. The van der Waals surface area contributed by atoms with Gasteiger partial charge in [-0.3, -0.25) is 4.79 Å². The predicted octanol–water partition coefficient (Wildman–Crippen LogP) is 4.43.